The molecule has 2 rings (SSSR count). The zero-order valence-corrected chi connectivity index (χ0v) is 15.2. The zero-order chi connectivity index (χ0) is 19.5. The molecule has 0 saturated heterocycles. The van der Waals surface area contributed by atoms with E-state index in [9.17, 15) is 18.0 Å². The minimum absolute atomic E-state index is 0.163. The van der Waals surface area contributed by atoms with Gasteiger partial charge in [0.25, 0.3) is 5.91 Å². The summed E-state index contributed by atoms with van der Waals surface area (Å²) in [4.78, 5) is 13.3. The van der Waals surface area contributed by atoms with Crippen LogP contribution in [0, 0.1) is 13.8 Å². The van der Waals surface area contributed by atoms with E-state index in [0.717, 1.165) is 27.1 Å². The number of aryl methyl sites for hydroxylation is 1. The first kappa shape index (κ1) is 20.0. The number of methoxy groups -OCH3 is 1. The number of carbonyl (C=O) groups is 1. The average molecular weight is 368 g/mol. The van der Waals surface area contributed by atoms with Crippen LogP contribution >= 0.6 is 0 Å². The molecule has 1 aromatic carbocycles. The molecule has 0 atom stereocenters. The Morgan fingerprint density at radius 3 is 2.62 bits per heavy atom. The van der Waals surface area contributed by atoms with Crippen molar-refractivity contribution in [2.75, 3.05) is 26.8 Å². The predicted octanol–water partition coefficient (Wildman–Crippen LogP) is 4.10. The summed E-state index contributed by atoms with van der Waals surface area (Å²) >= 11 is 0. The lowest BCUT2D eigenvalue weighted by atomic mass is 10.1. The lowest BCUT2D eigenvalue weighted by molar-refractivity contribution is -0.139. The molecule has 4 nitrogen and oxygen atoms in total. The molecule has 0 aliphatic heterocycles. The predicted molar refractivity (Wildman–Crippen MR) is 95.4 cm³/mol. The smallest absolute Gasteiger partial charge is 0.383 e. The van der Waals surface area contributed by atoms with Crippen molar-refractivity contribution in [2.45, 2.75) is 26.6 Å². The monoisotopic (exact) mass is 368 g/mol. The summed E-state index contributed by atoms with van der Waals surface area (Å²) in [7, 11) is 1.62. The van der Waals surface area contributed by atoms with Crippen LogP contribution in [-0.2, 0) is 11.3 Å². The van der Waals surface area contributed by atoms with Gasteiger partial charge in [0.1, 0.15) is 6.54 Å². The number of ether oxygens (including phenoxy) is 1. The van der Waals surface area contributed by atoms with Gasteiger partial charge in [0.15, 0.2) is 0 Å². The van der Waals surface area contributed by atoms with Crippen molar-refractivity contribution in [3.8, 4) is 0 Å². The van der Waals surface area contributed by atoms with Crippen LogP contribution in [0.1, 0.15) is 21.6 Å². The van der Waals surface area contributed by atoms with Crippen molar-refractivity contribution in [1.29, 1.82) is 0 Å². The van der Waals surface area contributed by atoms with Crippen LogP contribution in [0.2, 0.25) is 0 Å². The van der Waals surface area contributed by atoms with Gasteiger partial charge < -0.3 is 14.2 Å². The van der Waals surface area contributed by atoms with E-state index in [2.05, 4.69) is 11.1 Å². The van der Waals surface area contributed by atoms with E-state index in [1.165, 1.54) is 6.08 Å². The fourth-order valence-electron chi connectivity index (χ4n) is 3.03. The third-order valence-corrected chi connectivity index (χ3v) is 4.41. The molecule has 2 aromatic rings. The first-order chi connectivity index (χ1) is 12.2. The first-order valence-electron chi connectivity index (χ1n) is 8.25. The standard InChI is InChI=1S/C19H23F3N2O2/c1-5-8-23(12-19(20,21)22)18(25)15-6-7-17-16(11-15)13(2)14(3)24(17)9-10-26-4/h5-7,11H,1,8-10,12H2,2-4H3. The van der Waals surface area contributed by atoms with Crippen LogP contribution in [-0.4, -0.2) is 48.4 Å². The minimum atomic E-state index is -4.46. The fraction of sp³-hybridized carbons (Fsp3) is 0.421. The molecule has 0 bridgehead atoms. The molecule has 142 valence electrons. The molecule has 0 N–H and O–H groups in total. The van der Waals surface area contributed by atoms with E-state index in [4.69, 9.17) is 4.74 Å². The van der Waals surface area contributed by atoms with Gasteiger partial charge >= 0.3 is 6.18 Å². The van der Waals surface area contributed by atoms with E-state index in [-0.39, 0.29) is 12.1 Å². The molecule has 26 heavy (non-hydrogen) atoms. The number of aromatic nitrogens is 1. The highest BCUT2D eigenvalue weighted by molar-refractivity contribution is 5.99. The molecule has 0 unspecified atom stereocenters. The Bertz CT molecular complexity index is 809. The van der Waals surface area contributed by atoms with Gasteiger partial charge in [-0.1, -0.05) is 6.08 Å². The second kappa shape index (κ2) is 7.95. The second-order valence-corrected chi connectivity index (χ2v) is 6.18. The minimum Gasteiger partial charge on any atom is -0.383 e. The molecule has 1 amide bonds. The summed E-state index contributed by atoms with van der Waals surface area (Å²) in [5, 5.41) is 0.856. The van der Waals surface area contributed by atoms with Gasteiger partial charge in [-0.15, -0.1) is 6.58 Å². The molecular formula is C19H23F3N2O2. The fourth-order valence-corrected chi connectivity index (χ4v) is 3.03. The van der Waals surface area contributed by atoms with Crippen molar-refractivity contribution >= 4 is 16.8 Å². The van der Waals surface area contributed by atoms with Crippen LogP contribution in [0.3, 0.4) is 0 Å². The summed E-state index contributed by atoms with van der Waals surface area (Å²) in [5.74, 6) is -0.661. The van der Waals surface area contributed by atoms with Crippen molar-refractivity contribution in [3.05, 3.63) is 47.7 Å². The van der Waals surface area contributed by atoms with E-state index < -0.39 is 18.6 Å². The molecule has 0 aliphatic rings. The molecular weight excluding hydrogens is 345 g/mol. The maximum atomic E-state index is 12.8. The molecule has 0 aliphatic carbocycles. The number of halogens is 3. The Hall–Kier alpha value is -2.28. The third kappa shape index (κ3) is 4.27. The van der Waals surface area contributed by atoms with E-state index in [1.807, 2.05) is 13.8 Å². The lowest BCUT2D eigenvalue weighted by Crippen LogP contribution is -2.39. The van der Waals surface area contributed by atoms with E-state index >= 15 is 0 Å². The number of alkyl halides is 3. The summed E-state index contributed by atoms with van der Waals surface area (Å²) in [6.07, 6.45) is -3.17. The van der Waals surface area contributed by atoms with Gasteiger partial charge in [-0.3, -0.25) is 4.79 Å². The van der Waals surface area contributed by atoms with Crippen LogP contribution in [0.15, 0.2) is 30.9 Å². The topological polar surface area (TPSA) is 34.5 Å². The summed E-state index contributed by atoms with van der Waals surface area (Å²) < 4.78 is 45.5. The zero-order valence-electron chi connectivity index (χ0n) is 15.2. The highest BCUT2D eigenvalue weighted by atomic mass is 19.4. The molecule has 0 fully saturated rings. The van der Waals surface area contributed by atoms with E-state index in [1.54, 1.807) is 25.3 Å². The first-order valence-corrected chi connectivity index (χ1v) is 8.25. The van der Waals surface area contributed by atoms with Crippen LogP contribution in [0.5, 0.6) is 0 Å². The van der Waals surface area contributed by atoms with Crippen LogP contribution in [0.4, 0.5) is 13.2 Å². The van der Waals surface area contributed by atoms with Gasteiger partial charge in [-0.2, -0.15) is 13.2 Å². The summed E-state index contributed by atoms with van der Waals surface area (Å²) in [5.41, 5.74) is 3.20. The second-order valence-electron chi connectivity index (χ2n) is 6.18. The number of hydrogen-bond acceptors (Lipinski definition) is 2. The number of rotatable bonds is 7. The number of amides is 1. The molecule has 7 heteroatoms. The Kier molecular flexibility index (Phi) is 6.13. The molecule has 0 spiro atoms. The van der Waals surface area contributed by atoms with Gasteiger partial charge in [0.05, 0.1) is 6.61 Å². The number of benzene rings is 1. The van der Waals surface area contributed by atoms with Crippen LogP contribution in [0.25, 0.3) is 10.9 Å². The maximum Gasteiger partial charge on any atom is 0.406 e. The SMILES string of the molecule is C=CCN(CC(F)(F)F)C(=O)c1ccc2c(c1)c(C)c(C)n2CCOC. The highest BCUT2D eigenvalue weighted by Gasteiger charge is 2.33. The Morgan fingerprint density at radius 1 is 1.35 bits per heavy atom. The quantitative estimate of drug-likeness (QED) is 0.690. The van der Waals surface area contributed by atoms with Gasteiger partial charge in [-0.25, -0.2) is 0 Å². The number of fused-ring (bicyclic) bond motifs is 1. The Labute approximate surface area is 150 Å². The lowest BCUT2D eigenvalue weighted by Gasteiger charge is -2.22. The van der Waals surface area contributed by atoms with Gasteiger partial charge in [0.2, 0.25) is 0 Å². The van der Waals surface area contributed by atoms with Crippen LogP contribution < -0.4 is 0 Å². The van der Waals surface area contributed by atoms with Crippen molar-refractivity contribution in [1.82, 2.24) is 9.47 Å². The average Bonchev–Trinajstić information content (AvgIpc) is 2.81. The van der Waals surface area contributed by atoms with Crippen molar-refractivity contribution in [3.63, 3.8) is 0 Å². The van der Waals surface area contributed by atoms with Gasteiger partial charge in [0, 0.05) is 42.4 Å². The van der Waals surface area contributed by atoms with Gasteiger partial charge in [-0.05, 0) is 37.6 Å². The summed E-state index contributed by atoms with van der Waals surface area (Å²) in [6, 6.07) is 5.01. The highest BCUT2D eigenvalue weighted by Crippen LogP contribution is 2.27. The third-order valence-electron chi connectivity index (χ3n) is 4.41. The maximum absolute atomic E-state index is 12.8. The molecule has 1 aromatic heterocycles. The normalized spacial score (nSPS) is 11.8. The number of carbonyl (C=O) groups excluding carboxylic acids is 1. The van der Waals surface area contributed by atoms with E-state index in [0.29, 0.717) is 13.2 Å². The molecule has 0 radical (unpaired) electrons. The Morgan fingerprint density at radius 2 is 2.04 bits per heavy atom. The number of hydrogen-bond donors (Lipinski definition) is 0. The largest absolute Gasteiger partial charge is 0.406 e. The van der Waals surface area contributed by atoms with Crippen molar-refractivity contribution in [2.24, 2.45) is 0 Å². The number of nitrogens with zero attached hydrogens (tertiary/aromatic N) is 2. The molecule has 1 heterocycles. The molecule has 0 saturated carbocycles. The summed E-state index contributed by atoms with van der Waals surface area (Å²) in [6.45, 7) is 7.09. The van der Waals surface area contributed by atoms with Crippen molar-refractivity contribution < 1.29 is 22.7 Å². The Balaban J connectivity index is 2.42.